The Morgan fingerprint density at radius 1 is 1.21 bits per heavy atom. The molecule has 152 valence electrons. The van der Waals surface area contributed by atoms with Gasteiger partial charge in [0.2, 0.25) is 5.75 Å². The van der Waals surface area contributed by atoms with Crippen LogP contribution in [0.15, 0.2) is 42.5 Å². The Morgan fingerprint density at radius 2 is 2.00 bits per heavy atom. The number of anilines is 1. The van der Waals surface area contributed by atoms with Gasteiger partial charge in [0.25, 0.3) is 5.91 Å². The highest BCUT2D eigenvalue weighted by Crippen LogP contribution is 2.40. The standard InChI is InChI=1S/C21H20FNO6/c1-13(21(25)23-16-5-3-4-15(22)12-16)29-19(24)7-6-14-10-17(26-2)20-18(11-14)27-8-9-28-20/h3-7,10-13H,8-9H2,1-2H3,(H,23,25)/b7-6+/t13-/m0/s1. The summed E-state index contributed by atoms with van der Waals surface area (Å²) in [4.78, 5) is 24.1. The first kappa shape index (κ1) is 20.2. The van der Waals surface area contributed by atoms with Crippen molar-refractivity contribution in [1.29, 1.82) is 0 Å². The van der Waals surface area contributed by atoms with Gasteiger partial charge in [0.1, 0.15) is 19.0 Å². The first-order valence-electron chi connectivity index (χ1n) is 8.89. The predicted octanol–water partition coefficient (Wildman–Crippen LogP) is 3.19. The molecule has 0 fully saturated rings. The van der Waals surface area contributed by atoms with Crippen molar-refractivity contribution in [3.05, 3.63) is 53.9 Å². The van der Waals surface area contributed by atoms with Gasteiger partial charge in [0, 0.05) is 11.8 Å². The number of carbonyl (C=O) groups excluding carboxylic acids is 2. The largest absolute Gasteiger partial charge is 0.493 e. The highest BCUT2D eigenvalue weighted by atomic mass is 19.1. The van der Waals surface area contributed by atoms with Crippen LogP contribution in [0, 0.1) is 5.82 Å². The fraction of sp³-hybridized carbons (Fsp3) is 0.238. The molecule has 7 nitrogen and oxygen atoms in total. The lowest BCUT2D eigenvalue weighted by molar-refractivity contribution is -0.148. The molecule has 0 spiro atoms. The first-order chi connectivity index (χ1) is 14.0. The Morgan fingerprint density at radius 3 is 2.76 bits per heavy atom. The Balaban J connectivity index is 1.61. The van der Waals surface area contributed by atoms with E-state index in [2.05, 4.69) is 5.32 Å². The van der Waals surface area contributed by atoms with E-state index < -0.39 is 23.8 Å². The van der Waals surface area contributed by atoms with Crippen molar-refractivity contribution in [2.45, 2.75) is 13.0 Å². The van der Waals surface area contributed by atoms with Crippen molar-refractivity contribution in [3.63, 3.8) is 0 Å². The summed E-state index contributed by atoms with van der Waals surface area (Å²) in [6, 6.07) is 8.83. The van der Waals surface area contributed by atoms with Gasteiger partial charge in [0.05, 0.1) is 7.11 Å². The molecular formula is C21H20FNO6. The van der Waals surface area contributed by atoms with Crippen molar-refractivity contribution < 1.29 is 32.9 Å². The second kappa shape index (κ2) is 9.09. The Hall–Kier alpha value is -3.55. The molecular weight excluding hydrogens is 381 g/mol. The van der Waals surface area contributed by atoms with Crippen LogP contribution in [0.1, 0.15) is 12.5 Å². The zero-order valence-electron chi connectivity index (χ0n) is 15.9. The normalized spacial score (nSPS) is 13.6. The van der Waals surface area contributed by atoms with Crippen LogP contribution in [0.3, 0.4) is 0 Å². The van der Waals surface area contributed by atoms with E-state index in [1.165, 1.54) is 50.5 Å². The van der Waals surface area contributed by atoms with Gasteiger partial charge in [-0.1, -0.05) is 6.07 Å². The molecule has 0 saturated carbocycles. The van der Waals surface area contributed by atoms with E-state index in [4.69, 9.17) is 18.9 Å². The molecule has 1 amide bonds. The van der Waals surface area contributed by atoms with Gasteiger partial charge in [-0.2, -0.15) is 0 Å². The minimum atomic E-state index is -1.06. The molecule has 0 saturated heterocycles. The molecule has 1 aliphatic rings. The van der Waals surface area contributed by atoms with Crippen molar-refractivity contribution in [2.24, 2.45) is 0 Å². The Bertz CT molecular complexity index is 926. The van der Waals surface area contributed by atoms with Gasteiger partial charge in [-0.3, -0.25) is 4.79 Å². The highest BCUT2D eigenvalue weighted by molar-refractivity contribution is 5.96. The van der Waals surface area contributed by atoms with E-state index in [0.717, 1.165) is 0 Å². The SMILES string of the molecule is COc1cc(/C=C/C(=O)O[C@@H](C)C(=O)Nc2cccc(F)c2)cc2c1OCCO2. The maximum absolute atomic E-state index is 13.2. The summed E-state index contributed by atoms with van der Waals surface area (Å²) in [6.07, 6.45) is 1.64. The van der Waals surface area contributed by atoms with Gasteiger partial charge < -0.3 is 24.3 Å². The van der Waals surface area contributed by atoms with Crippen LogP contribution in [0.4, 0.5) is 10.1 Å². The molecule has 0 radical (unpaired) electrons. The Kier molecular flexibility index (Phi) is 6.33. The summed E-state index contributed by atoms with van der Waals surface area (Å²) in [6.45, 7) is 2.28. The number of nitrogens with one attached hydrogen (secondary N) is 1. The lowest BCUT2D eigenvalue weighted by atomic mass is 10.1. The summed E-state index contributed by atoms with van der Waals surface area (Å²) in [5, 5.41) is 2.48. The molecule has 1 atom stereocenters. The zero-order chi connectivity index (χ0) is 20.8. The number of halogens is 1. The van der Waals surface area contributed by atoms with Gasteiger partial charge in [-0.15, -0.1) is 0 Å². The van der Waals surface area contributed by atoms with Crippen LogP contribution >= 0.6 is 0 Å². The smallest absolute Gasteiger partial charge is 0.331 e. The number of carbonyl (C=O) groups is 2. The molecule has 0 unspecified atom stereocenters. The van der Waals surface area contributed by atoms with Crippen molar-refractivity contribution in [2.75, 3.05) is 25.6 Å². The number of hydrogen-bond donors (Lipinski definition) is 1. The van der Waals surface area contributed by atoms with E-state index in [1.54, 1.807) is 12.1 Å². The molecule has 1 N–H and O–H groups in total. The second-order valence-electron chi connectivity index (χ2n) is 6.16. The molecule has 0 aliphatic carbocycles. The lowest BCUT2D eigenvalue weighted by Gasteiger charge is -2.20. The molecule has 0 aromatic heterocycles. The van der Waals surface area contributed by atoms with Crippen LogP contribution in [0.2, 0.25) is 0 Å². The number of amides is 1. The Labute approximate surface area is 167 Å². The molecule has 8 heteroatoms. The molecule has 2 aromatic rings. The van der Waals surface area contributed by atoms with Crippen LogP contribution < -0.4 is 19.5 Å². The third-order valence-electron chi connectivity index (χ3n) is 4.02. The van der Waals surface area contributed by atoms with Crippen LogP contribution in [-0.4, -0.2) is 38.3 Å². The number of hydrogen-bond acceptors (Lipinski definition) is 6. The molecule has 1 aliphatic heterocycles. The summed E-state index contributed by atoms with van der Waals surface area (Å²) in [5.41, 5.74) is 0.914. The number of rotatable bonds is 6. The number of methoxy groups -OCH3 is 1. The third kappa shape index (κ3) is 5.25. The minimum Gasteiger partial charge on any atom is -0.493 e. The van der Waals surface area contributed by atoms with E-state index in [9.17, 15) is 14.0 Å². The van der Waals surface area contributed by atoms with Crippen molar-refractivity contribution in [3.8, 4) is 17.2 Å². The van der Waals surface area contributed by atoms with Crippen molar-refractivity contribution in [1.82, 2.24) is 0 Å². The molecule has 0 bridgehead atoms. The fourth-order valence-corrected chi connectivity index (χ4v) is 2.63. The number of fused-ring (bicyclic) bond motifs is 1. The molecule has 3 rings (SSSR count). The quantitative estimate of drug-likeness (QED) is 0.591. The maximum Gasteiger partial charge on any atom is 0.331 e. The van der Waals surface area contributed by atoms with Crippen LogP contribution in [0.5, 0.6) is 17.2 Å². The van der Waals surface area contributed by atoms with E-state index in [-0.39, 0.29) is 5.69 Å². The number of benzene rings is 2. The van der Waals surface area contributed by atoms with E-state index in [0.29, 0.717) is 36.0 Å². The average molecular weight is 401 g/mol. The predicted molar refractivity (Wildman–Crippen MR) is 104 cm³/mol. The summed E-state index contributed by atoms with van der Waals surface area (Å²) in [7, 11) is 1.51. The number of ether oxygens (including phenoxy) is 4. The van der Waals surface area contributed by atoms with Gasteiger partial charge in [-0.25, -0.2) is 9.18 Å². The van der Waals surface area contributed by atoms with Crippen LogP contribution in [-0.2, 0) is 14.3 Å². The fourth-order valence-electron chi connectivity index (χ4n) is 2.63. The van der Waals surface area contributed by atoms with Gasteiger partial charge in [0.15, 0.2) is 17.6 Å². The van der Waals surface area contributed by atoms with Gasteiger partial charge in [-0.05, 0) is 48.9 Å². The monoisotopic (exact) mass is 401 g/mol. The zero-order valence-corrected chi connectivity index (χ0v) is 15.9. The van der Waals surface area contributed by atoms with Crippen molar-refractivity contribution >= 4 is 23.6 Å². The maximum atomic E-state index is 13.2. The minimum absolute atomic E-state index is 0.275. The molecule has 1 heterocycles. The summed E-state index contributed by atoms with van der Waals surface area (Å²) >= 11 is 0. The summed E-state index contributed by atoms with van der Waals surface area (Å²) < 4.78 is 34.6. The van der Waals surface area contributed by atoms with E-state index in [1.807, 2.05) is 0 Å². The van der Waals surface area contributed by atoms with Gasteiger partial charge >= 0.3 is 5.97 Å². The van der Waals surface area contributed by atoms with E-state index >= 15 is 0 Å². The highest BCUT2D eigenvalue weighted by Gasteiger charge is 2.19. The van der Waals surface area contributed by atoms with Crippen LogP contribution in [0.25, 0.3) is 6.08 Å². The number of esters is 1. The lowest BCUT2D eigenvalue weighted by Crippen LogP contribution is -2.29. The summed E-state index contributed by atoms with van der Waals surface area (Å²) in [5.74, 6) is -0.241. The molecule has 29 heavy (non-hydrogen) atoms. The average Bonchev–Trinajstić information content (AvgIpc) is 2.71. The third-order valence-corrected chi connectivity index (χ3v) is 4.02. The second-order valence-corrected chi connectivity index (χ2v) is 6.16. The first-order valence-corrected chi connectivity index (χ1v) is 8.89. The topological polar surface area (TPSA) is 83.1 Å². The molecule has 2 aromatic carbocycles.